The van der Waals surface area contributed by atoms with E-state index in [2.05, 4.69) is 12.2 Å². The molecule has 78 valence electrons. The summed E-state index contributed by atoms with van der Waals surface area (Å²) in [6.45, 7) is 5.84. The Morgan fingerprint density at radius 1 is 1.38 bits per heavy atom. The number of hydrogen-bond donors (Lipinski definition) is 1. The van der Waals surface area contributed by atoms with Crippen LogP contribution in [0.25, 0.3) is 0 Å². The van der Waals surface area contributed by atoms with Gasteiger partial charge < -0.3 is 10.2 Å². The van der Waals surface area contributed by atoms with Gasteiger partial charge in [0.25, 0.3) is 0 Å². The standard InChI is InChI=1S/C9H18N2O.ClH/c1-8(12)11(3)9(2)4-6-10-7-5-9;/h10H,4-7H2,1-3H3;1H. The third kappa shape index (κ3) is 2.85. The van der Waals surface area contributed by atoms with E-state index in [-0.39, 0.29) is 23.9 Å². The predicted octanol–water partition coefficient (Wildman–Crippen LogP) is 1.03. The molecule has 0 aromatic carbocycles. The number of amides is 1. The summed E-state index contributed by atoms with van der Waals surface area (Å²) in [6, 6.07) is 0. The van der Waals surface area contributed by atoms with Crippen molar-refractivity contribution in [2.75, 3.05) is 20.1 Å². The Hall–Kier alpha value is -0.280. The molecule has 0 bridgehead atoms. The molecule has 0 aliphatic carbocycles. The second-order valence-electron chi connectivity index (χ2n) is 3.82. The van der Waals surface area contributed by atoms with E-state index in [9.17, 15) is 4.79 Å². The van der Waals surface area contributed by atoms with Gasteiger partial charge in [-0.15, -0.1) is 12.4 Å². The Morgan fingerprint density at radius 3 is 2.23 bits per heavy atom. The molecule has 1 saturated heterocycles. The fourth-order valence-electron chi connectivity index (χ4n) is 1.68. The SMILES string of the molecule is CC(=O)N(C)C1(C)CCNCC1.Cl. The lowest BCUT2D eigenvalue weighted by atomic mass is 9.89. The summed E-state index contributed by atoms with van der Waals surface area (Å²) in [7, 11) is 1.90. The normalized spacial score (nSPS) is 20.2. The first-order valence-electron chi connectivity index (χ1n) is 4.51. The van der Waals surface area contributed by atoms with Crippen LogP contribution in [0.5, 0.6) is 0 Å². The van der Waals surface area contributed by atoms with Crippen LogP contribution in [-0.2, 0) is 4.79 Å². The molecule has 0 spiro atoms. The molecule has 1 aliphatic rings. The highest BCUT2D eigenvalue weighted by atomic mass is 35.5. The molecule has 1 rings (SSSR count). The summed E-state index contributed by atoms with van der Waals surface area (Å²) in [4.78, 5) is 13.0. The monoisotopic (exact) mass is 206 g/mol. The zero-order chi connectivity index (χ0) is 9.19. The topological polar surface area (TPSA) is 32.3 Å². The maximum Gasteiger partial charge on any atom is 0.219 e. The molecule has 1 fully saturated rings. The molecule has 0 aromatic heterocycles. The summed E-state index contributed by atoms with van der Waals surface area (Å²) in [5.41, 5.74) is 0.0804. The minimum Gasteiger partial charge on any atom is -0.341 e. The van der Waals surface area contributed by atoms with Crippen molar-refractivity contribution in [2.45, 2.75) is 32.2 Å². The largest absolute Gasteiger partial charge is 0.341 e. The van der Waals surface area contributed by atoms with Gasteiger partial charge in [0.1, 0.15) is 0 Å². The maximum absolute atomic E-state index is 11.2. The van der Waals surface area contributed by atoms with Gasteiger partial charge in [-0.1, -0.05) is 0 Å². The lowest BCUT2D eigenvalue weighted by Crippen LogP contribution is -2.52. The van der Waals surface area contributed by atoms with Crippen LogP contribution < -0.4 is 5.32 Å². The van der Waals surface area contributed by atoms with Crippen LogP contribution in [0, 0.1) is 0 Å². The van der Waals surface area contributed by atoms with E-state index in [4.69, 9.17) is 0 Å². The summed E-state index contributed by atoms with van der Waals surface area (Å²) in [5, 5.41) is 3.30. The highest BCUT2D eigenvalue weighted by molar-refractivity contribution is 5.85. The molecule has 4 heteroatoms. The summed E-state index contributed by atoms with van der Waals surface area (Å²) < 4.78 is 0. The summed E-state index contributed by atoms with van der Waals surface area (Å²) in [5.74, 6) is 0.166. The molecular weight excluding hydrogens is 188 g/mol. The van der Waals surface area contributed by atoms with E-state index in [1.54, 1.807) is 6.92 Å². The van der Waals surface area contributed by atoms with E-state index >= 15 is 0 Å². The minimum atomic E-state index is 0. The van der Waals surface area contributed by atoms with Gasteiger partial charge in [0, 0.05) is 19.5 Å². The number of hydrogen-bond acceptors (Lipinski definition) is 2. The van der Waals surface area contributed by atoms with Crippen LogP contribution >= 0.6 is 12.4 Å². The van der Waals surface area contributed by atoms with E-state index in [0.717, 1.165) is 25.9 Å². The molecule has 0 radical (unpaired) electrons. The number of nitrogens with one attached hydrogen (secondary N) is 1. The smallest absolute Gasteiger partial charge is 0.219 e. The van der Waals surface area contributed by atoms with Crippen molar-refractivity contribution in [3.05, 3.63) is 0 Å². The molecule has 1 N–H and O–H groups in total. The van der Waals surface area contributed by atoms with Crippen molar-refractivity contribution >= 4 is 18.3 Å². The summed E-state index contributed by atoms with van der Waals surface area (Å²) in [6.07, 6.45) is 2.12. The Labute approximate surface area is 86.3 Å². The first-order valence-corrected chi connectivity index (χ1v) is 4.51. The highest BCUT2D eigenvalue weighted by Crippen LogP contribution is 2.23. The molecule has 3 nitrogen and oxygen atoms in total. The Bertz CT molecular complexity index is 178. The van der Waals surface area contributed by atoms with Gasteiger partial charge in [-0.3, -0.25) is 4.79 Å². The third-order valence-corrected chi connectivity index (χ3v) is 2.96. The third-order valence-electron chi connectivity index (χ3n) is 2.96. The first-order chi connectivity index (χ1) is 5.56. The second-order valence-corrected chi connectivity index (χ2v) is 3.82. The molecule has 13 heavy (non-hydrogen) atoms. The molecule has 1 aliphatic heterocycles. The lowest BCUT2D eigenvalue weighted by molar-refractivity contribution is -0.133. The molecule has 0 aromatic rings. The van der Waals surface area contributed by atoms with Crippen LogP contribution in [0.3, 0.4) is 0 Å². The number of nitrogens with zero attached hydrogens (tertiary/aromatic N) is 1. The van der Waals surface area contributed by atoms with E-state index in [1.807, 2.05) is 11.9 Å². The van der Waals surface area contributed by atoms with Crippen LogP contribution in [0.15, 0.2) is 0 Å². The molecule has 1 heterocycles. The number of rotatable bonds is 1. The van der Waals surface area contributed by atoms with Gasteiger partial charge in [0.15, 0.2) is 0 Å². The Morgan fingerprint density at radius 2 is 1.85 bits per heavy atom. The Balaban J connectivity index is 0.00000144. The number of carbonyl (C=O) groups excluding carboxylic acids is 1. The number of halogens is 1. The number of carbonyl (C=O) groups is 1. The quantitative estimate of drug-likeness (QED) is 0.695. The van der Waals surface area contributed by atoms with Gasteiger partial charge >= 0.3 is 0 Å². The van der Waals surface area contributed by atoms with Crippen molar-refractivity contribution in [2.24, 2.45) is 0 Å². The van der Waals surface area contributed by atoms with Crippen LogP contribution in [0.2, 0.25) is 0 Å². The van der Waals surface area contributed by atoms with Gasteiger partial charge in [-0.25, -0.2) is 0 Å². The van der Waals surface area contributed by atoms with Gasteiger partial charge in [-0.05, 0) is 32.9 Å². The van der Waals surface area contributed by atoms with E-state index in [0.29, 0.717) is 0 Å². The van der Waals surface area contributed by atoms with Gasteiger partial charge in [0.05, 0.1) is 0 Å². The van der Waals surface area contributed by atoms with E-state index in [1.165, 1.54) is 0 Å². The van der Waals surface area contributed by atoms with Gasteiger partial charge in [-0.2, -0.15) is 0 Å². The predicted molar refractivity (Wildman–Crippen MR) is 56.2 cm³/mol. The van der Waals surface area contributed by atoms with E-state index < -0.39 is 0 Å². The van der Waals surface area contributed by atoms with Crippen LogP contribution in [0.4, 0.5) is 0 Å². The molecular formula is C9H19ClN2O. The second kappa shape index (κ2) is 4.82. The average molecular weight is 207 g/mol. The van der Waals surface area contributed by atoms with Crippen molar-refractivity contribution in [3.8, 4) is 0 Å². The first kappa shape index (κ1) is 12.7. The van der Waals surface area contributed by atoms with Crippen molar-refractivity contribution in [1.82, 2.24) is 10.2 Å². The molecule has 0 unspecified atom stereocenters. The van der Waals surface area contributed by atoms with Crippen LogP contribution in [-0.4, -0.2) is 36.5 Å². The van der Waals surface area contributed by atoms with Crippen molar-refractivity contribution < 1.29 is 4.79 Å². The Kier molecular flexibility index (Phi) is 4.71. The maximum atomic E-state index is 11.2. The molecule has 0 atom stereocenters. The zero-order valence-corrected chi connectivity index (χ0v) is 9.41. The van der Waals surface area contributed by atoms with Crippen molar-refractivity contribution in [3.63, 3.8) is 0 Å². The zero-order valence-electron chi connectivity index (χ0n) is 8.59. The van der Waals surface area contributed by atoms with Gasteiger partial charge in [0.2, 0.25) is 5.91 Å². The molecule has 1 amide bonds. The fourth-order valence-corrected chi connectivity index (χ4v) is 1.68. The van der Waals surface area contributed by atoms with Crippen molar-refractivity contribution in [1.29, 1.82) is 0 Å². The lowest BCUT2D eigenvalue weighted by Gasteiger charge is -2.41. The number of piperidine rings is 1. The highest BCUT2D eigenvalue weighted by Gasteiger charge is 2.32. The molecule has 0 saturated carbocycles. The fraction of sp³-hybridized carbons (Fsp3) is 0.889. The van der Waals surface area contributed by atoms with Crippen LogP contribution in [0.1, 0.15) is 26.7 Å². The minimum absolute atomic E-state index is 0. The average Bonchev–Trinajstić information content (AvgIpc) is 2.04. The summed E-state index contributed by atoms with van der Waals surface area (Å²) >= 11 is 0.